The van der Waals surface area contributed by atoms with Gasteiger partial charge in [0.05, 0.1) is 0 Å². The van der Waals surface area contributed by atoms with Crippen LogP contribution in [-0.2, 0) is 26.5 Å². The first-order valence-corrected chi connectivity index (χ1v) is 13.7. The zero-order chi connectivity index (χ0) is 27.6. The average Bonchev–Trinajstić information content (AvgIpc) is 3.03. The zero-order valence-corrected chi connectivity index (χ0v) is 25.7. The van der Waals surface area contributed by atoms with Crippen LogP contribution in [0.4, 0.5) is 0 Å². The summed E-state index contributed by atoms with van der Waals surface area (Å²) in [4.78, 5) is 8.92. The van der Waals surface area contributed by atoms with Crippen molar-refractivity contribution in [2.24, 2.45) is 0 Å². The molecule has 6 aromatic rings. The maximum Gasteiger partial charge on any atom is 0.0163 e. The molecular formula is C38H32IrN2-2. The van der Waals surface area contributed by atoms with Gasteiger partial charge in [0.2, 0.25) is 0 Å². The summed E-state index contributed by atoms with van der Waals surface area (Å²) >= 11 is 0. The summed E-state index contributed by atoms with van der Waals surface area (Å²) in [5.74, 6) is 0.504. The summed E-state index contributed by atoms with van der Waals surface area (Å²) in [6.07, 6.45) is 4.61. The SMILES string of the molecule is CC(C)c1ccnc(-c2[c-]ccc(-c3ccccc3)c2)c1.[Ir].[c-]1cccc(Cc2ccccc2)c1-c1ccccn1. The van der Waals surface area contributed by atoms with Crippen LogP contribution in [0, 0.1) is 12.1 Å². The van der Waals surface area contributed by atoms with E-state index in [0.717, 1.165) is 28.9 Å². The molecule has 0 unspecified atom stereocenters. The van der Waals surface area contributed by atoms with Gasteiger partial charge in [0, 0.05) is 32.5 Å². The van der Waals surface area contributed by atoms with Crippen LogP contribution in [0.1, 0.15) is 36.5 Å². The van der Waals surface area contributed by atoms with Crippen LogP contribution in [0.5, 0.6) is 0 Å². The van der Waals surface area contributed by atoms with Gasteiger partial charge in [0.25, 0.3) is 0 Å². The molecule has 41 heavy (non-hydrogen) atoms. The first-order chi connectivity index (χ1) is 19.7. The second kappa shape index (κ2) is 15.0. The van der Waals surface area contributed by atoms with Gasteiger partial charge in [-0.2, -0.15) is 0 Å². The molecule has 0 saturated carbocycles. The third-order valence-corrected chi connectivity index (χ3v) is 6.74. The second-order valence-corrected chi connectivity index (χ2v) is 9.93. The first kappa shape index (κ1) is 29.8. The fourth-order valence-corrected chi connectivity index (χ4v) is 4.56. The van der Waals surface area contributed by atoms with Crippen molar-refractivity contribution >= 4 is 0 Å². The summed E-state index contributed by atoms with van der Waals surface area (Å²) in [5, 5.41) is 0. The van der Waals surface area contributed by atoms with Gasteiger partial charge in [-0.1, -0.05) is 104 Å². The van der Waals surface area contributed by atoms with E-state index >= 15 is 0 Å². The van der Waals surface area contributed by atoms with Crippen LogP contribution in [-0.4, -0.2) is 9.97 Å². The molecule has 0 amide bonds. The molecule has 4 aromatic carbocycles. The van der Waals surface area contributed by atoms with Crippen molar-refractivity contribution in [3.63, 3.8) is 0 Å². The van der Waals surface area contributed by atoms with Crippen LogP contribution in [0.25, 0.3) is 33.6 Å². The molecule has 0 fully saturated rings. The molecule has 0 aliphatic carbocycles. The van der Waals surface area contributed by atoms with Crippen molar-refractivity contribution in [1.82, 2.24) is 9.97 Å². The van der Waals surface area contributed by atoms with Crippen molar-refractivity contribution in [3.8, 4) is 33.6 Å². The molecule has 0 saturated heterocycles. The van der Waals surface area contributed by atoms with E-state index in [-0.39, 0.29) is 20.1 Å². The molecule has 0 spiro atoms. The summed E-state index contributed by atoms with van der Waals surface area (Å²) in [6, 6.07) is 50.0. The normalized spacial score (nSPS) is 10.3. The monoisotopic (exact) mass is 709 g/mol. The molecule has 0 aliphatic rings. The van der Waals surface area contributed by atoms with Crippen molar-refractivity contribution < 1.29 is 20.1 Å². The topological polar surface area (TPSA) is 25.8 Å². The fourth-order valence-electron chi connectivity index (χ4n) is 4.56. The quantitative estimate of drug-likeness (QED) is 0.161. The Balaban J connectivity index is 0.000000185. The minimum atomic E-state index is 0. The van der Waals surface area contributed by atoms with E-state index in [4.69, 9.17) is 0 Å². The molecule has 0 atom stereocenters. The number of aromatic nitrogens is 2. The van der Waals surface area contributed by atoms with E-state index in [1.807, 2.05) is 60.9 Å². The van der Waals surface area contributed by atoms with Crippen molar-refractivity contribution in [1.29, 1.82) is 0 Å². The third-order valence-electron chi connectivity index (χ3n) is 6.74. The number of hydrogen-bond donors (Lipinski definition) is 0. The van der Waals surface area contributed by atoms with E-state index in [1.165, 1.54) is 27.8 Å². The summed E-state index contributed by atoms with van der Waals surface area (Å²) in [5.41, 5.74) is 10.4. The number of nitrogens with zero attached hydrogens (tertiary/aromatic N) is 2. The predicted octanol–water partition coefficient (Wildman–Crippen LogP) is 9.48. The van der Waals surface area contributed by atoms with Crippen molar-refractivity contribution in [2.75, 3.05) is 0 Å². The standard InChI is InChI=1S/C20H18N.C18H14N.Ir/c1-15(2)17-11-12-21-20(14-17)19-10-6-9-18(13-19)16-7-4-3-5-8-16;1-2-8-15(9-3-1)14-16-10-4-5-11-17(16)18-12-6-7-13-19-18;/h3-9,11-15H,1-2H3;1-10,12-13H,14H2;/q2*-1;. The molecule has 0 aliphatic heterocycles. The summed E-state index contributed by atoms with van der Waals surface area (Å²) < 4.78 is 0. The fraction of sp³-hybridized carbons (Fsp3) is 0.105. The van der Waals surface area contributed by atoms with Crippen LogP contribution >= 0.6 is 0 Å². The molecule has 3 heteroatoms. The van der Waals surface area contributed by atoms with Gasteiger partial charge in [0.1, 0.15) is 0 Å². The minimum Gasteiger partial charge on any atom is -0.305 e. The Morgan fingerprint density at radius 1 is 0.610 bits per heavy atom. The molecule has 205 valence electrons. The van der Waals surface area contributed by atoms with E-state index in [2.05, 4.69) is 115 Å². The Kier molecular flexibility index (Phi) is 10.9. The summed E-state index contributed by atoms with van der Waals surface area (Å²) in [7, 11) is 0. The molecule has 1 radical (unpaired) electrons. The molecule has 2 aromatic heterocycles. The van der Waals surface area contributed by atoms with Crippen LogP contribution < -0.4 is 0 Å². The van der Waals surface area contributed by atoms with Gasteiger partial charge >= 0.3 is 0 Å². The first-order valence-electron chi connectivity index (χ1n) is 13.7. The Hall–Kier alpha value is -4.17. The van der Waals surface area contributed by atoms with Gasteiger partial charge in [-0.05, 0) is 41.4 Å². The van der Waals surface area contributed by atoms with Crippen LogP contribution in [0.2, 0.25) is 0 Å². The van der Waals surface area contributed by atoms with E-state index in [1.54, 1.807) is 0 Å². The predicted molar refractivity (Wildman–Crippen MR) is 166 cm³/mol. The molecule has 0 bridgehead atoms. The van der Waals surface area contributed by atoms with Gasteiger partial charge in [0.15, 0.2) is 0 Å². The second-order valence-electron chi connectivity index (χ2n) is 9.93. The Bertz CT molecular complexity index is 1630. The van der Waals surface area contributed by atoms with Crippen LogP contribution in [0.3, 0.4) is 0 Å². The Labute approximate surface area is 257 Å². The Morgan fingerprint density at radius 2 is 1.34 bits per heavy atom. The zero-order valence-electron chi connectivity index (χ0n) is 23.3. The number of pyridine rings is 2. The van der Waals surface area contributed by atoms with Crippen LogP contribution in [0.15, 0.2) is 140 Å². The maximum atomic E-state index is 4.50. The molecular weight excluding hydrogens is 677 g/mol. The Morgan fingerprint density at radius 3 is 2.07 bits per heavy atom. The van der Waals surface area contributed by atoms with Gasteiger partial charge < -0.3 is 9.97 Å². The minimum absolute atomic E-state index is 0. The molecule has 2 nitrogen and oxygen atoms in total. The smallest absolute Gasteiger partial charge is 0.0163 e. The van der Waals surface area contributed by atoms with E-state index < -0.39 is 0 Å². The number of hydrogen-bond acceptors (Lipinski definition) is 2. The maximum absolute atomic E-state index is 4.50. The summed E-state index contributed by atoms with van der Waals surface area (Å²) in [6.45, 7) is 4.40. The van der Waals surface area contributed by atoms with E-state index in [9.17, 15) is 0 Å². The number of benzene rings is 4. The van der Waals surface area contributed by atoms with Gasteiger partial charge in [-0.15, -0.1) is 70.8 Å². The molecule has 2 heterocycles. The van der Waals surface area contributed by atoms with Gasteiger partial charge in [-0.3, -0.25) is 0 Å². The number of rotatable bonds is 6. The largest absolute Gasteiger partial charge is 0.305 e. The third kappa shape index (κ3) is 8.17. The molecule has 0 N–H and O–H groups in total. The average molecular weight is 709 g/mol. The van der Waals surface area contributed by atoms with Crippen molar-refractivity contribution in [3.05, 3.63) is 169 Å². The molecule has 6 rings (SSSR count). The van der Waals surface area contributed by atoms with Gasteiger partial charge in [-0.25, -0.2) is 0 Å². The van der Waals surface area contributed by atoms with E-state index in [0.29, 0.717) is 5.92 Å². The van der Waals surface area contributed by atoms with Crippen molar-refractivity contribution in [2.45, 2.75) is 26.2 Å².